The molecule has 3 rings (SSSR count). The van der Waals surface area contributed by atoms with Crippen molar-refractivity contribution in [2.75, 3.05) is 6.61 Å². The van der Waals surface area contributed by atoms with Gasteiger partial charge in [0.05, 0.1) is 18.4 Å². The number of pyridine rings is 1. The van der Waals surface area contributed by atoms with E-state index in [4.69, 9.17) is 16.7 Å². The third-order valence-corrected chi connectivity index (χ3v) is 6.33. The highest BCUT2D eigenvalue weighted by Crippen LogP contribution is 2.33. The maximum Gasteiger partial charge on any atom is 0.250 e. The smallest absolute Gasteiger partial charge is 0.250 e. The number of ketones is 1. The van der Waals surface area contributed by atoms with Crippen molar-refractivity contribution in [3.05, 3.63) is 104 Å². The number of aryl methyl sites for hydroxylation is 2. The number of hydrogen-bond acceptors (Lipinski definition) is 6. The molecule has 3 N–H and O–H groups in total. The fourth-order valence-electron chi connectivity index (χ4n) is 4.05. The Morgan fingerprint density at radius 1 is 1.09 bits per heavy atom. The molecule has 1 aromatic heterocycles. The summed E-state index contributed by atoms with van der Waals surface area (Å²) in [7, 11) is 1.64. The first-order valence-electron chi connectivity index (χ1n) is 11.3. The minimum absolute atomic E-state index is 0.119. The van der Waals surface area contributed by atoms with Gasteiger partial charge in [0.25, 0.3) is 0 Å². The van der Waals surface area contributed by atoms with Crippen molar-refractivity contribution in [3.8, 4) is 0 Å². The Kier molecular flexibility index (Phi) is 8.98. The molecule has 0 saturated heterocycles. The van der Waals surface area contributed by atoms with Crippen LogP contribution in [0.1, 0.15) is 57.8 Å². The van der Waals surface area contributed by atoms with Crippen LogP contribution in [0.5, 0.6) is 0 Å². The molecule has 1 heterocycles. The summed E-state index contributed by atoms with van der Waals surface area (Å²) in [5.74, 6) is -0.332. The van der Waals surface area contributed by atoms with Gasteiger partial charge in [0.15, 0.2) is 5.78 Å². The van der Waals surface area contributed by atoms with Gasteiger partial charge in [0.2, 0.25) is 5.56 Å². The molecule has 184 valence electrons. The van der Waals surface area contributed by atoms with Crippen LogP contribution in [-0.2, 0) is 7.05 Å². The number of benzene rings is 2. The number of hydrogen-bond donors (Lipinski definition) is 3. The molecule has 1 unspecified atom stereocenters. The van der Waals surface area contributed by atoms with Crippen LogP contribution in [0, 0.1) is 6.92 Å². The van der Waals surface area contributed by atoms with Gasteiger partial charge in [-0.05, 0) is 48.2 Å². The van der Waals surface area contributed by atoms with Gasteiger partial charge in [-0.25, -0.2) is 0 Å². The summed E-state index contributed by atoms with van der Waals surface area (Å²) in [5.41, 5.74) is 4.26. The molecule has 0 fully saturated rings. The average Bonchev–Trinajstić information content (AvgIpc) is 2.85. The summed E-state index contributed by atoms with van der Waals surface area (Å²) >= 11 is 6.18. The van der Waals surface area contributed by atoms with Crippen LogP contribution in [0.2, 0.25) is 5.02 Å². The van der Waals surface area contributed by atoms with E-state index in [1.165, 1.54) is 10.6 Å². The van der Waals surface area contributed by atoms with E-state index < -0.39 is 6.10 Å². The van der Waals surface area contributed by atoms with E-state index in [1.807, 2.05) is 37.3 Å². The molecular formula is C27H29ClN2O5. The summed E-state index contributed by atoms with van der Waals surface area (Å²) in [6.45, 7) is 1.58. The second kappa shape index (κ2) is 11.9. The quantitative estimate of drug-likeness (QED) is 0.169. The van der Waals surface area contributed by atoms with Crippen LogP contribution in [0.25, 0.3) is 0 Å². The summed E-state index contributed by atoms with van der Waals surface area (Å²) < 4.78 is 1.43. The predicted molar refractivity (Wildman–Crippen MR) is 136 cm³/mol. The highest BCUT2D eigenvalue weighted by Gasteiger charge is 2.21. The van der Waals surface area contributed by atoms with Crippen molar-refractivity contribution in [1.82, 2.24) is 4.57 Å². The van der Waals surface area contributed by atoms with Crippen molar-refractivity contribution in [1.29, 1.82) is 0 Å². The van der Waals surface area contributed by atoms with Gasteiger partial charge >= 0.3 is 0 Å². The molecule has 0 amide bonds. The molecule has 35 heavy (non-hydrogen) atoms. The largest absolute Gasteiger partial charge is 0.411 e. The van der Waals surface area contributed by atoms with Crippen LogP contribution in [0.3, 0.4) is 0 Å². The minimum atomic E-state index is -0.913. The SMILES string of the molecule is Cc1cc(Cl)ccc1C(C/C(=N\O)c1ccc(=O)n(C)c1)c1ccc(C(=O)CC[C@@H](O)CO)cc1. The predicted octanol–water partition coefficient (Wildman–Crippen LogP) is 4.06. The van der Waals surface area contributed by atoms with E-state index in [1.54, 1.807) is 31.4 Å². The Morgan fingerprint density at radius 2 is 1.77 bits per heavy atom. The first kappa shape index (κ1) is 26.3. The molecule has 0 saturated carbocycles. The number of aliphatic hydroxyl groups excluding tert-OH is 2. The third kappa shape index (κ3) is 6.66. The van der Waals surface area contributed by atoms with Crippen LogP contribution in [0.15, 0.2) is 70.7 Å². The number of nitrogens with zero attached hydrogens (tertiary/aromatic N) is 2. The number of halogens is 1. The lowest BCUT2D eigenvalue weighted by molar-refractivity contribution is 0.0779. The molecule has 0 aliphatic carbocycles. The topological polar surface area (TPSA) is 112 Å². The van der Waals surface area contributed by atoms with E-state index in [9.17, 15) is 19.9 Å². The van der Waals surface area contributed by atoms with Crippen LogP contribution in [0.4, 0.5) is 0 Å². The first-order valence-corrected chi connectivity index (χ1v) is 11.7. The number of oxime groups is 1. The molecular weight excluding hydrogens is 468 g/mol. The summed E-state index contributed by atoms with van der Waals surface area (Å²) in [5, 5.41) is 32.5. The number of aliphatic hydroxyl groups is 2. The molecule has 7 nitrogen and oxygen atoms in total. The molecule has 2 aromatic carbocycles. The van der Waals surface area contributed by atoms with Crippen molar-refractivity contribution in [3.63, 3.8) is 0 Å². The molecule has 2 atom stereocenters. The zero-order valence-corrected chi connectivity index (χ0v) is 20.4. The first-order chi connectivity index (χ1) is 16.7. The summed E-state index contributed by atoms with van der Waals surface area (Å²) in [4.78, 5) is 24.3. The lowest BCUT2D eigenvalue weighted by atomic mass is 9.83. The second-order valence-corrected chi connectivity index (χ2v) is 9.03. The molecule has 8 heteroatoms. The molecule has 0 spiro atoms. The van der Waals surface area contributed by atoms with Gasteiger partial charge in [0.1, 0.15) is 0 Å². The standard InChI is InChI=1S/C27H29ClN2O5/c1-17-13-21(28)8-10-23(17)24(14-25(29-35)20-7-12-27(34)30(2)15-20)18-3-5-19(6-4-18)26(33)11-9-22(32)16-31/h3-8,10,12-13,15,22,24,31-32,35H,9,11,14,16H2,1-2H3/b29-25+/t22-,24?/m1/s1. The maximum absolute atomic E-state index is 12.5. The number of carbonyl (C=O) groups is 1. The number of aromatic nitrogens is 1. The zero-order chi connectivity index (χ0) is 25.5. The van der Waals surface area contributed by atoms with E-state index >= 15 is 0 Å². The molecule has 0 aliphatic heterocycles. The van der Waals surface area contributed by atoms with E-state index in [0.717, 1.165) is 16.7 Å². The molecule has 0 bridgehead atoms. The average molecular weight is 497 g/mol. The Labute approximate surface area is 208 Å². The van der Waals surface area contributed by atoms with Crippen molar-refractivity contribution in [2.45, 2.75) is 38.2 Å². The third-order valence-electron chi connectivity index (χ3n) is 6.09. The molecule has 0 radical (unpaired) electrons. The summed E-state index contributed by atoms with van der Waals surface area (Å²) in [6, 6.07) is 15.9. The lowest BCUT2D eigenvalue weighted by Gasteiger charge is -2.21. The van der Waals surface area contributed by atoms with Crippen LogP contribution in [-0.4, -0.2) is 44.2 Å². The van der Waals surface area contributed by atoms with Crippen molar-refractivity contribution in [2.24, 2.45) is 12.2 Å². The molecule has 3 aromatic rings. The van der Waals surface area contributed by atoms with Gasteiger partial charge in [-0.15, -0.1) is 0 Å². The normalized spacial score (nSPS) is 13.5. The Bertz CT molecular complexity index is 1270. The van der Waals surface area contributed by atoms with E-state index in [-0.39, 0.29) is 36.7 Å². The second-order valence-electron chi connectivity index (χ2n) is 8.59. The van der Waals surface area contributed by atoms with Gasteiger partial charge in [-0.3, -0.25) is 9.59 Å². The Balaban J connectivity index is 1.95. The maximum atomic E-state index is 12.5. The number of carbonyl (C=O) groups excluding carboxylic acids is 1. The van der Waals surface area contributed by atoms with Crippen molar-refractivity contribution >= 4 is 23.1 Å². The van der Waals surface area contributed by atoms with E-state index in [2.05, 4.69) is 5.16 Å². The van der Waals surface area contributed by atoms with Gasteiger partial charge in [0, 0.05) is 54.2 Å². The minimum Gasteiger partial charge on any atom is -0.411 e. The van der Waals surface area contributed by atoms with Crippen molar-refractivity contribution < 1.29 is 20.2 Å². The van der Waals surface area contributed by atoms with E-state index in [0.29, 0.717) is 28.3 Å². The van der Waals surface area contributed by atoms with Gasteiger partial charge < -0.3 is 20.0 Å². The summed E-state index contributed by atoms with van der Waals surface area (Å²) in [6.07, 6.45) is 1.39. The Hall–Kier alpha value is -3.26. The lowest BCUT2D eigenvalue weighted by Crippen LogP contribution is -2.18. The number of rotatable bonds is 10. The van der Waals surface area contributed by atoms with Crippen LogP contribution < -0.4 is 5.56 Å². The zero-order valence-electron chi connectivity index (χ0n) is 19.7. The van der Waals surface area contributed by atoms with Crippen LogP contribution >= 0.6 is 11.6 Å². The van der Waals surface area contributed by atoms with Gasteiger partial charge in [-0.2, -0.15) is 0 Å². The fraction of sp³-hybridized carbons (Fsp3) is 0.296. The van der Waals surface area contributed by atoms with Gasteiger partial charge in [-0.1, -0.05) is 47.1 Å². The number of Topliss-reactive ketones (excluding diaryl/α,β-unsaturated/α-hetero) is 1. The highest BCUT2D eigenvalue weighted by molar-refractivity contribution is 6.30. The molecule has 0 aliphatic rings. The highest BCUT2D eigenvalue weighted by atomic mass is 35.5. The Morgan fingerprint density at radius 3 is 2.37 bits per heavy atom. The fourth-order valence-corrected chi connectivity index (χ4v) is 4.27. The monoisotopic (exact) mass is 496 g/mol.